The van der Waals surface area contributed by atoms with Gasteiger partial charge in [0.2, 0.25) is 0 Å². The van der Waals surface area contributed by atoms with Crippen molar-refractivity contribution in [3.05, 3.63) is 131 Å². The summed E-state index contributed by atoms with van der Waals surface area (Å²) in [4.78, 5) is 21.2. The number of rotatable bonds is 8. The first kappa shape index (κ1) is 36.4. The van der Waals surface area contributed by atoms with E-state index >= 15 is 0 Å². The minimum Gasteiger partial charge on any atom is -0.545 e. The number of hydrogen-bond donors (Lipinski definition) is 2. The van der Waals surface area contributed by atoms with E-state index < -0.39 is 11.9 Å². The summed E-state index contributed by atoms with van der Waals surface area (Å²) in [6.45, 7) is 2.56. The van der Waals surface area contributed by atoms with E-state index in [-0.39, 0.29) is 0 Å². The van der Waals surface area contributed by atoms with Crippen LogP contribution in [0.5, 0.6) is 23.0 Å². The van der Waals surface area contributed by atoms with Crippen molar-refractivity contribution in [1.29, 1.82) is 10.5 Å². The minimum atomic E-state index is -1.55. The molecule has 0 saturated heterocycles. The van der Waals surface area contributed by atoms with Gasteiger partial charge in [-0.2, -0.15) is 10.5 Å². The fraction of sp³-hybridized carbons (Fsp3) is 0.150. The molecule has 6 rings (SSSR count). The third-order valence-corrected chi connectivity index (χ3v) is 7.50. The number of fused-ring (bicyclic) bond motifs is 4. The van der Waals surface area contributed by atoms with Crippen LogP contribution in [-0.2, 0) is 9.59 Å². The zero-order valence-corrected chi connectivity index (χ0v) is 27.7. The molecule has 0 fully saturated rings. The molecule has 2 aliphatic heterocycles. The van der Waals surface area contributed by atoms with Gasteiger partial charge < -0.3 is 39.1 Å². The molecule has 2 heterocycles. The predicted molar refractivity (Wildman–Crippen MR) is 185 cm³/mol. The molecule has 0 amide bonds. The third-order valence-electron chi connectivity index (χ3n) is 7.50. The van der Waals surface area contributed by atoms with Crippen LogP contribution in [0.3, 0.4) is 0 Å². The van der Waals surface area contributed by atoms with E-state index in [4.69, 9.17) is 20.0 Å². The maximum absolute atomic E-state index is 9.41. The summed E-state index contributed by atoms with van der Waals surface area (Å²) in [5.41, 5.74) is 6.76. The van der Waals surface area contributed by atoms with Crippen LogP contribution >= 0.6 is 0 Å². The average Bonchev–Trinajstić information content (AvgIpc) is 3.35. The van der Waals surface area contributed by atoms with Crippen LogP contribution < -0.4 is 29.5 Å². The molecule has 50 heavy (non-hydrogen) atoms. The zero-order chi connectivity index (χ0) is 35.9. The van der Waals surface area contributed by atoms with Gasteiger partial charge in [-0.1, -0.05) is 72.8 Å². The fourth-order valence-corrected chi connectivity index (χ4v) is 5.27. The molecule has 10 nitrogen and oxygen atoms in total. The molecule has 2 atom stereocenters. The fourth-order valence-electron chi connectivity index (χ4n) is 5.27. The summed E-state index contributed by atoms with van der Waals surface area (Å²) >= 11 is 0. The molecular formula is C40H36N4O6. The second kappa shape index (κ2) is 18.2. The van der Waals surface area contributed by atoms with Crippen LogP contribution in [0.4, 0.5) is 0 Å². The highest BCUT2D eigenvalue weighted by atomic mass is 16.5. The van der Waals surface area contributed by atoms with E-state index in [1.54, 1.807) is 0 Å². The van der Waals surface area contributed by atoms with Crippen LogP contribution in [0.1, 0.15) is 22.3 Å². The molecular weight excluding hydrogens is 632 g/mol. The first-order chi connectivity index (χ1) is 24.2. The Bertz CT molecular complexity index is 1860. The van der Waals surface area contributed by atoms with Crippen LogP contribution in [0, 0.1) is 22.7 Å². The monoisotopic (exact) mass is 668 g/mol. The maximum Gasteiger partial charge on any atom is 0.165 e. The summed E-state index contributed by atoms with van der Waals surface area (Å²) in [6.07, 6.45) is 5.11. The molecule has 4 aromatic rings. The second-order valence-corrected chi connectivity index (χ2v) is 11.5. The predicted octanol–water partition coefficient (Wildman–Crippen LogP) is 1.78. The van der Waals surface area contributed by atoms with Crippen molar-refractivity contribution in [2.24, 2.45) is 0 Å². The number of nitriles is 2. The topological polar surface area (TPSA) is 155 Å². The molecule has 10 heteroatoms. The number of aliphatic carboxylic acids is 2. The lowest BCUT2D eigenvalue weighted by Gasteiger charge is -2.14. The van der Waals surface area contributed by atoms with Gasteiger partial charge in [0.05, 0.1) is 26.0 Å². The molecule has 4 aromatic carbocycles. The Hall–Kier alpha value is -6.46. The number of nitrogens with zero attached hydrogens (tertiary/aromatic N) is 2. The molecule has 0 spiro atoms. The number of likely N-dealkylation sites (N-methyl/N-ethyl adjacent to an activating group) is 2. The zero-order valence-electron chi connectivity index (χ0n) is 27.7. The van der Waals surface area contributed by atoms with Crippen LogP contribution in [0.25, 0.3) is 23.3 Å². The van der Waals surface area contributed by atoms with E-state index in [1.807, 2.05) is 86.9 Å². The Morgan fingerprint density at radius 3 is 1.30 bits per heavy atom. The van der Waals surface area contributed by atoms with Crippen molar-refractivity contribution in [3.8, 4) is 35.1 Å². The molecule has 2 aliphatic rings. The Morgan fingerprint density at radius 1 is 0.600 bits per heavy atom. The van der Waals surface area contributed by atoms with Gasteiger partial charge in [0.15, 0.2) is 13.1 Å². The molecule has 2 N–H and O–H groups in total. The number of nitrogens with one attached hydrogen (secondary N) is 2. The standard InChI is InChI=1S/2C18H16N2O.C4H4O4/c2*1-20(11-10-19)13-15-12-14-6-2-4-8-17(14)21-18-9-5-3-7-16(15)18;5-3(6)1-2-4(7)8/h2*2-9,12H,11,13H2,1H3;1-2H,(H,5,6)(H,7,8)/b;;2-1+. The normalized spacial score (nSPS) is 13.1. The number of ether oxygens (including phenoxy) is 2. The Kier molecular flexibility index (Phi) is 13.2. The summed E-state index contributed by atoms with van der Waals surface area (Å²) in [5.74, 6) is 0.399. The van der Waals surface area contributed by atoms with Gasteiger partial charge in [0.1, 0.15) is 48.2 Å². The van der Waals surface area contributed by atoms with E-state index in [0.717, 1.165) is 68.1 Å². The quantitative estimate of drug-likeness (QED) is 0.213. The number of carboxylic acid groups (broad SMARTS) is 2. The van der Waals surface area contributed by atoms with Gasteiger partial charge in [0, 0.05) is 33.4 Å². The first-order valence-corrected chi connectivity index (χ1v) is 15.8. The maximum atomic E-state index is 9.41. The Labute approximate surface area is 291 Å². The second-order valence-electron chi connectivity index (χ2n) is 11.5. The molecule has 252 valence electrons. The first-order valence-electron chi connectivity index (χ1n) is 15.8. The average molecular weight is 669 g/mol. The van der Waals surface area contributed by atoms with Crippen LogP contribution in [0.15, 0.2) is 109 Å². The van der Waals surface area contributed by atoms with Crippen molar-refractivity contribution in [1.82, 2.24) is 0 Å². The van der Waals surface area contributed by atoms with Crippen molar-refractivity contribution in [3.63, 3.8) is 0 Å². The highest BCUT2D eigenvalue weighted by Crippen LogP contribution is 2.38. The number of benzene rings is 4. The Balaban J connectivity index is 0.000000186. The molecule has 0 saturated carbocycles. The van der Waals surface area contributed by atoms with E-state index in [2.05, 4.69) is 48.6 Å². The summed E-state index contributed by atoms with van der Waals surface area (Å²) in [7, 11) is 4.06. The summed E-state index contributed by atoms with van der Waals surface area (Å²) < 4.78 is 12.1. The summed E-state index contributed by atoms with van der Waals surface area (Å²) in [5, 5.41) is 36.5. The van der Waals surface area contributed by atoms with Crippen molar-refractivity contribution in [2.75, 3.05) is 40.3 Å². The number of quaternary nitrogens is 2. The number of hydrogen-bond acceptors (Lipinski definition) is 8. The van der Waals surface area contributed by atoms with Gasteiger partial charge in [0.25, 0.3) is 0 Å². The van der Waals surface area contributed by atoms with Crippen molar-refractivity contribution in [2.45, 2.75) is 0 Å². The lowest BCUT2D eigenvalue weighted by atomic mass is 10.0. The molecule has 0 aliphatic carbocycles. The minimum absolute atomic E-state index is 0.384. The smallest absolute Gasteiger partial charge is 0.165 e. The van der Waals surface area contributed by atoms with E-state index in [1.165, 1.54) is 11.1 Å². The number of carbonyl (C=O) groups excluding carboxylic acids is 2. The van der Waals surface area contributed by atoms with Crippen LogP contribution in [0.2, 0.25) is 0 Å². The highest BCUT2D eigenvalue weighted by molar-refractivity contribution is 5.89. The van der Waals surface area contributed by atoms with Gasteiger partial charge in [-0.25, -0.2) is 0 Å². The molecule has 0 aromatic heterocycles. The molecule has 0 radical (unpaired) electrons. The van der Waals surface area contributed by atoms with Crippen molar-refractivity contribution < 1.29 is 39.1 Å². The lowest BCUT2D eigenvalue weighted by Crippen LogP contribution is -3.08. The number of carboxylic acids is 2. The third kappa shape index (κ3) is 10.5. The summed E-state index contributed by atoms with van der Waals surface area (Å²) in [6, 6.07) is 36.6. The molecule has 2 unspecified atom stereocenters. The lowest BCUT2D eigenvalue weighted by molar-refractivity contribution is -0.863. The van der Waals surface area contributed by atoms with Gasteiger partial charge in [-0.15, -0.1) is 0 Å². The van der Waals surface area contributed by atoms with Gasteiger partial charge >= 0.3 is 0 Å². The van der Waals surface area contributed by atoms with Crippen molar-refractivity contribution >= 4 is 35.2 Å². The van der Waals surface area contributed by atoms with Crippen LogP contribution in [-0.4, -0.2) is 52.2 Å². The number of carbonyl (C=O) groups is 2. The number of para-hydroxylation sites is 4. The Morgan fingerprint density at radius 2 is 0.940 bits per heavy atom. The highest BCUT2D eigenvalue weighted by Gasteiger charge is 2.20. The molecule has 0 bridgehead atoms. The SMILES string of the molecule is C[NH+](CC#N)CC1=Cc2ccccc2Oc2ccccc21.C[NH+](CC#N)CC1=Cc2ccccc2Oc2ccccc21.O=C([O-])/C=C/C(=O)[O-]. The van der Waals surface area contributed by atoms with Gasteiger partial charge in [-0.3, -0.25) is 0 Å². The van der Waals surface area contributed by atoms with E-state index in [0.29, 0.717) is 25.2 Å². The van der Waals surface area contributed by atoms with E-state index in [9.17, 15) is 19.8 Å². The van der Waals surface area contributed by atoms with Gasteiger partial charge in [-0.05, 0) is 48.6 Å². The largest absolute Gasteiger partial charge is 0.545 e.